The zero-order chi connectivity index (χ0) is 16.2. The summed E-state index contributed by atoms with van der Waals surface area (Å²) in [5.41, 5.74) is 2.14. The standard InChI is InChI=1S/C16H14Cl2N2O3/c1-21-8-12-13-15(18)19-9-20-16(13)23-14(12)10-2-4-11(5-3-10)22-7-6-17/h2-5,9H,6-8H2,1H3. The molecule has 5 nitrogen and oxygen atoms in total. The first-order valence-corrected chi connectivity index (χ1v) is 7.86. The molecule has 0 aliphatic rings. The van der Waals surface area contributed by atoms with Gasteiger partial charge < -0.3 is 13.9 Å². The van der Waals surface area contributed by atoms with Gasteiger partial charge in [-0.15, -0.1) is 11.6 Å². The van der Waals surface area contributed by atoms with Crippen LogP contribution in [0.4, 0.5) is 0 Å². The Bertz CT molecular complexity index is 803. The molecule has 0 unspecified atom stereocenters. The van der Waals surface area contributed by atoms with Crippen LogP contribution in [0.2, 0.25) is 5.15 Å². The highest BCUT2D eigenvalue weighted by Gasteiger charge is 2.19. The van der Waals surface area contributed by atoms with Crippen LogP contribution in [-0.2, 0) is 11.3 Å². The second-order valence-corrected chi connectivity index (χ2v) is 5.49. The van der Waals surface area contributed by atoms with Crippen molar-refractivity contribution >= 4 is 34.3 Å². The first-order chi connectivity index (χ1) is 11.2. The quantitative estimate of drug-likeness (QED) is 0.488. The molecule has 3 aromatic rings. The SMILES string of the molecule is COCc1c(-c2ccc(OCCCl)cc2)oc2ncnc(Cl)c12. The van der Waals surface area contributed by atoms with Crippen LogP contribution in [0.1, 0.15) is 5.56 Å². The molecular weight excluding hydrogens is 339 g/mol. The van der Waals surface area contributed by atoms with E-state index in [-0.39, 0.29) is 0 Å². The number of alkyl halides is 1. The van der Waals surface area contributed by atoms with E-state index in [1.807, 2.05) is 24.3 Å². The first-order valence-electron chi connectivity index (χ1n) is 6.94. The molecule has 2 aromatic heterocycles. The molecule has 0 N–H and O–H groups in total. The molecule has 2 heterocycles. The normalized spacial score (nSPS) is 11.1. The molecule has 7 heteroatoms. The number of furan rings is 1. The number of fused-ring (bicyclic) bond motifs is 1. The van der Waals surface area contributed by atoms with E-state index in [1.54, 1.807) is 7.11 Å². The Morgan fingerprint density at radius 1 is 1.17 bits per heavy atom. The van der Waals surface area contributed by atoms with Crippen molar-refractivity contribution in [1.29, 1.82) is 0 Å². The van der Waals surface area contributed by atoms with Gasteiger partial charge >= 0.3 is 0 Å². The highest BCUT2D eigenvalue weighted by atomic mass is 35.5. The Hall–Kier alpha value is -1.82. The third kappa shape index (κ3) is 3.27. The maximum Gasteiger partial charge on any atom is 0.231 e. The molecule has 3 rings (SSSR count). The number of hydrogen-bond donors (Lipinski definition) is 0. The van der Waals surface area contributed by atoms with Crippen LogP contribution in [0.3, 0.4) is 0 Å². The van der Waals surface area contributed by atoms with Gasteiger partial charge in [0, 0.05) is 18.2 Å². The number of halogens is 2. The summed E-state index contributed by atoms with van der Waals surface area (Å²) in [6, 6.07) is 7.53. The molecule has 1 aromatic carbocycles. The largest absolute Gasteiger partial charge is 0.492 e. The third-order valence-corrected chi connectivity index (χ3v) is 3.73. The van der Waals surface area contributed by atoms with E-state index in [2.05, 4.69) is 9.97 Å². The molecule has 0 atom stereocenters. The summed E-state index contributed by atoms with van der Waals surface area (Å²) in [6.45, 7) is 0.811. The first kappa shape index (κ1) is 16.1. The van der Waals surface area contributed by atoms with E-state index in [4.69, 9.17) is 37.1 Å². The van der Waals surface area contributed by atoms with Crippen LogP contribution in [0.15, 0.2) is 35.0 Å². The van der Waals surface area contributed by atoms with Gasteiger partial charge in [-0.25, -0.2) is 9.97 Å². The number of nitrogens with zero attached hydrogens (tertiary/aromatic N) is 2. The van der Waals surface area contributed by atoms with Gasteiger partial charge in [0.2, 0.25) is 5.71 Å². The van der Waals surface area contributed by atoms with Gasteiger partial charge in [0.05, 0.1) is 17.9 Å². The Kier molecular flexibility index (Phi) is 5.00. The molecule has 0 radical (unpaired) electrons. The lowest BCUT2D eigenvalue weighted by molar-refractivity contribution is 0.185. The second kappa shape index (κ2) is 7.17. The smallest absolute Gasteiger partial charge is 0.231 e. The van der Waals surface area contributed by atoms with Crippen LogP contribution < -0.4 is 4.74 Å². The number of ether oxygens (including phenoxy) is 2. The molecular formula is C16H14Cl2N2O3. The minimum Gasteiger partial charge on any atom is -0.492 e. The average Bonchev–Trinajstić information content (AvgIpc) is 2.94. The number of aromatic nitrogens is 2. The van der Waals surface area contributed by atoms with Crippen LogP contribution in [-0.4, -0.2) is 29.6 Å². The number of benzene rings is 1. The summed E-state index contributed by atoms with van der Waals surface area (Å²) in [5.74, 6) is 1.85. The summed E-state index contributed by atoms with van der Waals surface area (Å²) in [7, 11) is 1.61. The summed E-state index contributed by atoms with van der Waals surface area (Å²) in [6.07, 6.45) is 1.37. The van der Waals surface area contributed by atoms with Crippen molar-refractivity contribution in [1.82, 2.24) is 9.97 Å². The van der Waals surface area contributed by atoms with Gasteiger partial charge in [-0.05, 0) is 24.3 Å². The molecule has 0 bridgehead atoms. The maximum atomic E-state index is 6.18. The third-order valence-electron chi connectivity index (χ3n) is 3.29. The van der Waals surface area contributed by atoms with Crippen molar-refractivity contribution in [2.24, 2.45) is 0 Å². The van der Waals surface area contributed by atoms with Crippen molar-refractivity contribution < 1.29 is 13.9 Å². The van der Waals surface area contributed by atoms with Gasteiger partial charge in [-0.3, -0.25) is 0 Å². The van der Waals surface area contributed by atoms with Crippen LogP contribution >= 0.6 is 23.2 Å². The van der Waals surface area contributed by atoms with Crippen LogP contribution in [0.5, 0.6) is 5.75 Å². The molecule has 0 aliphatic carbocycles. The van der Waals surface area contributed by atoms with E-state index < -0.39 is 0 Å². The molecule has 23 heavy (non-hydrogen) atoms. The Labute approximate surface area is 143 Å². The van der Waals surface area contributed by atoms with Gasteiger partial charge in [0.15, 0.2) is 0 Å². The van der Waals surface area contributed by atoms with Crippen molar-refractivity contribution in [2.75, 3.05) is 19.6 Å². The predicted molar refractivity (Wildman–Crippen MR) is 89.2 cm³/mol. The van der Waals surface area contributed by atoms with Crippen LogP contribution in [0, 0.1) is 0 Å². The van der Waals surface area contributed by atoms with Crippen molar-refractivity contribution in [3.05, 3.63) is 41.3 Å². The highest BCUT2D eigenvalue weighted by Crippen LogP contribution is 2.36. The highest BCUT2D eigenvalue weighted by molar-refractivity contribution is 6.34. The Balaban J connectivity index is 2.04. The Morgan fingerprint density at radius 3 is 2.65 bits per heavy atom. The molecule has 0 fully saturated rings. The number of methoxy groups -OCH3 is 1. The predicted octanol–water partition coefficient (Wildman–Crippen LogP) is 4.31. The summed E-state index contributed by atoms with van der Waals surface area (Å²) >= 11 is 11.8. The lowest BCUT2D eigenvalue weighted by atomic mass is 10.1. The van der Waals surface area contributed by atoms with E-state index in [0.717, 1.165) is 16.9 Å². The fraction of sp³-hybridized carbons (Fsp3) is 0.250. The zero-order valence-corrected chi connectivity index (χ0v) is 13.9. The fourth-order valence-corrected chi connectivity index (χ4v) is 2.64. The topological polar surface area (TPSA) is 57.4 Å². The second-order valence-electron chi connectivity index (χ2n) is 4.75. The number of rotatable bonds is 6. The van der Waals surface area contributed by atoms with Gasteiger partial charge in [0.1, 0.15) is 29.6 Å². The molecule has 0 aliphatic heterocycles. The summed E-state index contributed by atoms with van der Waals surface area (Å²) < 4.78 is 16.6. The van der Waals surface area contributed by atoms with Gasteiger partial charge in [-0.1, -0.05) is 11.6 Å². The molecule has 0 saturated heterocycles. The number of hydrogen-bond acceptors (Lipinski definition) is 5. The van der Waals surface area contributed by atoms with Crippen molar-refractivity contribution in [2.45, 2.75) is 6.61 Å². The van der Waals surface area contributed by atoms with Gasteiger partial charge in [0.25, 0.3) is 0 Å². The molecule has 0 spiro atoms. The van der Waals surface area contributed by atoms with Crippen molar-refractivity contribution in [3.63, 3.8) is 0 Å². The lowest BCUT2D eigenvalue weighted by Gasteiger charge is -2.06. The fourth-order valence-electron chi connectivity index (χ4n) is 2.33. The molecule has 120 valence electrons. The van der Waals surface area contributed by atoms with Crippen molar-refractivity contribution in [3.8, 4) is 17.1 Å². The molecule has 0 amide bonds. The maximum absolute atomic E-state index is 6.18. The minimum atomic E-state index is 0.346. The summed E-state index contributed by atoms with van der Waals surface area (Å²) in [5, 5.41) is 1.02. The average molecular weight is 353 g/mol. The van der Waals surface area contributed by atoms with E-state index >= 15 is 0 Å². The lowest BCUT2D eigenvalue weighted by Crippen LogP contribution is -1.97. The van der Waals surface area contributed by atoms with E-state index in [0.29, 0.717) is 41.1 Å². The monoisotopic (exact) mass is 352 g/mol. The molecule has 0 saturated carbocycles. The summed E-state index contributed by atoms with van der Waals surface area (Å²) in [4.78, 5) is 8.14. The zero-order valence-electron chi connectivity index (χ0n) is 12.4. The van der Waals surface area contributed by atoms with Crippen LogP contribution in [0.25, 0.3) is 22.4 Å². The van der Waals surface area contributed by atoms with E-state index in [9.17, 15) is 0 Å². The Morgan fingerprint density at radius 2 is 1.96 bits per heavy atom. The van der Waals surface area contributed by atoms with Gasteiger partial charge in [-0.2, -0.15) is 0 Å². The van der Waals surface area contributed by atoms with E-state index in [1.165, 1.54) is 6.33 Å². The minimum absolute atomic E-state index is 0.346.